The van der Waals surface area contributed by atoms with Crippen LogP contribution in [-0.2, 0) is 4.79 Å². The molecule has 0 atom stereocenters. The Morgan fingerprint density at radius 1 is 1.44 bits per heavy atom. The van der Waals surface area contributed by atoms with Crippen molar-refractivity contribution in [3.8, 4) is 0 Å². The quantitative estimate of drug-likeness (QED) is 0.822. The van der Waals surface area contributed by atoms with E-state index in [0.717, 1.165) is 31.7 Å². The number of rotatable bonds is 3. The summed E-state index contributed by atoms with van der Waals surface area (Å²) in [5, 5.41) is 5.90. The van der Waals surface area contributed by atoms with Crippen LogP contribution in [0, 0.1) is 0 Å². The third-order valence-electron chi connectivity index (χ3n) is 3.09. The molecule has 2 heterocycles. The summed E-state index contributed by atoms with van der Waals surface area (Å²) in [6, 6.07) is 2.21. The van der Waals surface area contributed by atoms with Gasteiger partial charge in [-0.2, -0.15) is 4.98 Å². The average molecular weight is 249 g/mol. The second kappa shape index (κ2) is 5.66. The minimum Gasteiger partial charge on any atom is -0.357 e. The van der Waals surface area contributed by atoms with Crippen LogP contribution in [0.3, 0.4) is 0 Å². The highest BCUT2D eigenvalue weighted by Crippen LogP contribution is 2.18. The molecule has 18 heavy (non-hydrogen) atoms. The van der Waals surface area contributed by atoms with E-state index in [-0.39, 0.29) is 5.91 Å². The number of nitrogens with zero attached hydrogens (tertiary/aromatic N) is 3. The van der Waals surface area contributed by atoms with Crippen molar-refractivity contribution in [1.82, 2.24) is 15.3 Å². The van der Waals surface area contributed by atoms with Gasteiger partial charge in [0.15, 0.2) is 0 Å². The van der Waals surface area contributed by atoms with Gasteiger partial charge in [0, 0.05) is 39.3 Å². The summed E-state index contributed by atoms with van der Waals surface area (Å²) in [5.41, 5.74) is 0. The first-order chi connectivity index (χ1) is 8.69. The van der Waals surface area contributed by atoms with Crippen LogP contribution in [0.15, 0.2) is 12.3 Å². The van der Waals surface area contributed by atoms with Crippen molar-refractivity contribution in [2.45, 2.75) is 25.8 Å². The number of carbonyl (C=O) groups is 1. The van der Waals surface area contributed by atoms with Gasteiger partial charge in [-0.15, -0.1) is 0 Å². The third kappa shape index (κ3) is 3.09. The highest BCUT2D eigenvalue weighted by Gasteiger charge is 2.20. The Labute approximate surface area is 107 Å². The smallest absolute Gasteiger partial charge is 0.224 e. The minimum atomic E-state index is 0.0490. The topological polar surface area (TPSA) is 70.2 Å². The van der Waals surface area contributed by atoms with E-state index in [1.165, 1.54) is 0 Å². The van der Waals surface area contributed by atoms with E-state index in [1.807, 2.05) is 13.1 Å². The molecule has 1 amide bonds. The lowest BCUT2D eigenvalue weighted by atomic mass is 10.1. The summed E-state index contributed by atoms with van der Waals surface area (Å²) in [7, 11) is 1.81. The fourth-order valence-corrected chi connectivity index (χ4v) is 2.19. The maximum atomic E-state index is 11.0. The van der Waals surface area contributed by atoms with Gasteiger partial charge in [0.25, 0.3) is 0 Å². The third-order valence-corrected chi connectivity index (χ3v) is 3.09. The summed E-state index contributed by atoms with van der Waals surface area (Å²) >= 11 is 0. The Bertz CT molecular complexity index is 415. The van der Waals surface area contributed by atoms with Crippen LogP contribution in [0.4, 0.5) is 11.8 Å². The summed E-state index contributed by atoms with van der Waals surface area (Å²) in [6.45, 7) is 3.38. The zero-order valence-electron chi connectivity index (χ0n) is 10.8. The number of amides is 1. The van der Waals surface area contributed by atoms with E-state index in [9.17, 15) is 4.79 Å². The number of carbonyl (C=O) groups excluding carboxylic acids is 1. The number of piperidine rings is 1. The van der Waals surface area contributed by atoms with Gasteiger partial charge in [0.05, 0.1) is 0 Å². The second-order valence-corrected chi connectivity index (χ2v) is 4.45. The molecule has 0 aliphatic carbocycles. The Balaban J connectivity index is 1.94. The van der Waals surface area contributed by atoms with E-state index in [4.69, 9.17) is 0 Å². The molecule has 0 bridgehead atoms. The van der Waals surface area contributed by atoms with Crippen LogP contribution in [-0.4, -0.2) is 42.1 Å². The van der Waals surface area contributed by atoms with Gasteiger partial charge in [0.1, 0.15) is 5.82 Å². The maximum Gasteiger partial charge on any atom is 0.224 e. The molecule has 0 aromatic carbocycles. The van der Waals surface area contributed by atoms with Crippen molar-refractivity contribution < 1.29 is 4.79 Å². The predicted molar refractivity (Wildman–Crippen MR) is 70.6 cm³/mol. The number of aromatic nitrogens is 2. The van der Waals surface area contributed by atoms with E-state index in [2.05, 4.69) is 25.5 Å². The second-order valence-electron chi connectivity index (χ2n) is 4.45. The maximum absolute atomic E-state index is 11.0. The van der Waals surface area contributed by atoms with Gasteiger partial charge in [-0.05, 0) is 18.9 Å². The molecule has 1 aromatic rings. The molecular formula is C12H19N5O. The first-order valence-electron chi connectivity index (χ1n) is 6.22. The molecule has 0 saturated carbocycles. The summed E-state index contributed by atoms with van der Waals surface area (Å²) in [5.74, 6) is 1.63. The minimum absolute atomic E-state index is 0.0490. The van der Waals surface area contributed by atoms with Crippen LogP contribution in [0.5, 0.6) is 0 Å². The molecular weight excluding hydrogens is 230 g/mol. The van der Waals surface area contributed by atoms with Gasteiger partial charge >= 0.3 is 0 Å². The van der Waals surface area contributed by atoms with Crippen molar-refractivity contribution in [2.75, 3.05) is 30.4 Å². The standard InChI is InChI=1S/C12H19N5O/c1-9(18)15-10-4-7-17(8-5-10)11-3-6-14-12(13-2)16-11/h3,6,10H,4-5,7-8H2,1-2H3,(H,15,18)(H,13,14,16). The zero-order valence-corrected chi connectivity index (χ0v) is 10.8. The molecule has 6 heteroatoms. The molecule has 98 valence electrons. The van der Waals surface area contributed by atoms with Gasteiger partial charge in [-0.3, -0.25) is 4.79 Å². The van der Waals surface area contributed by atoms with Crippen molar-refractivity contribution in [2.24, 2.45) is 0 Å². The molecule has 0 spiro atoms. The normalized spacial score (nSPS) is 16.4. The fourth-order valence-electron chi connectivity index (χ4n) is 2.19. The van der Waals surface area contributed by atoms with E-state index in [0.29, 0.717) is 12.0 Å². The number of hydrogen-bond donors (Lipinski definition) is 2. The highest BCUT2D eigenvalue weighted by molar-refractivity contribution is 5.73. The SMILES string of the molecule is CNc1nccc(N2CCC(NC(C)=O)CC2)n1. The van der Waals surface area contributed by atoms with Crippen LogP contribution in [0.1, 0.15) is 19.8 Å². The van der Waals surface area contributed by atoms with Crippen LogP contribution >= 0.6 is 0 Å². The molecule has 1 aliphatic rings. The molecule has 6 nitrogen and oxygen atoms in total. The fraction of sp³-hybridized carbons (Fsp3) is 0.583. The van der Waals surface area contributed by atoms with Gasteiger partial charge in [-0.25, -0.2) is 4.98 Å². The van der Waals surface area contributed by atoms with Crippen molar-refractivity contribution in [1.29, 1.82) is 0 Å². The van der Waals surface area contributed by atoms with Crippen LogP contribution in [0.2, 0.25) is 0 Å². The largest absolute Gasteiger partial charge is 0.357 e. The van der Waals surface area contributed by atoms with Crippen LogP contribution < -0.4 is 15.5 Å². The van der Waals surface area contributed by atoms with Crippen LogP contribution in [0.25, 0.3) is 0 Å². The highest BCUT2D eigenvalue weighted by atomic mass is 16.1. The van der Waals surface area contributed by atoms with Crippen molar-refractivity contribution >= 4 is 17.7 Å². The number of nitrogens with one attached hydrogen (secondary N) is 2. The predicted octanol–water partition coefficient (Wildman–Crippen LogP) is 0.623. The molecule has 1 fully saturated rings. The monoisotopic (exact) mass is 249 g/mol. The summed E-state index contributed by atoms with van der Waals surface area (Å²) in [6.07, 6.45) is 3.67. The van der Waals surface area contributed by atoms with Gasteiger partial charge in [0.2, 0.25) is 11.9 Å². The van der Waals surface area contributed by atoms with E-state index in [1.54, 1.807) is 13.1 Å². The van der Waals surface area contributed by atoms with Crippen molar-refractivity contribution in [3.63, 3.8) is 0 Å². The Morgan fingerprint density at radius 2 is 2.17 bits per heavy atom. The number of hydrogen-bond acceptors (Lipinski definition) is 5. The van der Waals surface area contributed by atoms with E-state index < -0.39 is 0 Å². The Kier molecular flexibility index (Phi) is 3.96. The first-order valence-corrected chi connectivity index (χ1v) is 6.22. The molecule has 2 rings (SSSR count). The average Bonchev–Trinajstić information content (AvgIpc) is 2.39. The summed E-state index contributed by atoms with van der Waals surface area (Å²) in [4.78, 5) is 21.7. The lowest BCUT2D eigenvalue weighted by molar-refractivity contribution is -0.119. The zero-order chi connectivity index (χ0) is 13.0. The molecule has 0 unspecified atom stereocenters. The molecule has 1 aromatic heterocycles. The molecule has 2 N–H and O–H groups in total. The Morgan fingerprint density at radius 3 is 2.78 bits per heavy atom. The molecule has 1 saturated heterocycles. The van der Waals surface area contributed by atoms with Crippen molar-refractivity contribution in [3.05, 3.63) is 12.3 Å². The molecule has 1 aliphatic heterocycles. The lowest BCUT2D eigenvalue weighted by Gasteiger charge is -2.33. The number of anilines is 2. The van der Waals surface area contributed by atoms with E-state index >= 15 is 0 Å². The first kappa shape index (κ1) is 12.6. The Hall–Kier alpha value is -1.85. The van der Waals surface area contributed by atoms with Gasteiger partial charge < -0.3 is 15.5 Å². The van der Waals surface area contributed by atoms with Gasteiger partial charge in [-0.1, -0.05) is 0 Å². The lowest BCUT2D eigenvalue weighted by Crippen LogP contribution is -2.44. The summed E-state index contributed by atoms with van der Waals surface area (Å²) < 4.78 is 0. The molecule has 0 radical (unpaired) electrons.